The van der Waals surface area contributed by atoms with Gasteiger partial charge in [-0.05, 0) is 69.3 Å². The van der Waals surface area contributed by atoms with Crippen LogP contribution in [0.15, 0.2) is 12.1 Å². The van der Waals surface area contributed by atoms with Crippen LogP contribution in [0.25, 0.3) is 10.9 Å². The van der Waals surface area contributed by atoms with Crippen molar-refractivity contribution < 1.29 is 9.47 Å². The zero-order valence-corrected chi connectivity index (χ0v) is 16.6. The van der Waals surface area contributed by atoms with Crippen LogP contribution in [0.4, 0.5) is 5.69 Å². The smallest absolute Gasteiger partial charge is 0.125 e. The van der Waals surface area contributed by atoms with Gasteiger partial charge in [0, 0.05) is 35.9 Å². The topological polar surface area (TPSA) is 46.6 Å². The molecule has 1 aliphatic heterocycles. The van der Waals surface area contributed by atoms with Crippen molar-refractivity contribution in [3.05, 3.63) is 29.0 Å². The van der Waals surface area contributed by atoms with E-state index < -0.39 is 0 Å². The van der Waals surface area contributed by atoms with E-state index in [4.69, 9.17) is 14.5 Å². The summed E-state index contributed by atoms with van der Waals surface area (Å²) in [5.41, 5.74) is 5.97. The Hall–Kier alpha value is -1.85. The van der Waals surface area contributed by atoms with E-state index in [-0.39, 0.29) is 0 Å². The molecule has 5 nitrogen and oxygen atoms in total. The first-order valence-electron chi connectivity index (χ1n) is 10.3. The van der Waals surface area contributed by atoms with Gasteiger partial charge in [0.15, 0.2) is 0 Å². The molecule has 0 amide bonds. The zero-order chi connectivity index (χ0) is 18.6. The highest BCUT2D eigenvalue weighted by Crippen LogP contribution is 2.36. The Labute approximate surface area is 162 Å². The first-order chi connectivity index (χ1) is 13.3. The van der Waals surface area contributed by atoms with Crippen molar-refractivity contribution >= 4 is 16.6 Å². The fourth-order valence-corrected chi connectivity index (χ4v) is 4.46. The molecule has 1 N–H and O–H groups in total. The second-order valence-corrected chi connectivity index (χ2v) is 7.65. The Balaban J connectivity index is 1.57. The molecule has 0 bridgehead atoms. The second-order valence-electron chi connectivity index (χ2n) is 7.65. The van der Waals surface area contributed by atoms with Crippen molar-refractivity contribution in [3.8, 4) is 5.75 Å². The summed E-state index contributed by atoms with van der Waals surface area (Å²) < 4.78 is 11.7. The Kier molecular flexibility index (Phi) is 5.79. The van der Waals surface area contributed by atoms with Gasteiger partial charge in [-0.3, -0.25) is 4.98 Å². The van der Waals surface area contributed by atoms with Crippen LogP contribution in [0.5, 0.6) is 5.75 Å². The fraction of sp³-hybridized carbons (Fsp3) is 0.591. The van der Waals surface area contributed by atoms with Crippen molar-refractivity contribution in [2.45, 2.75) is 45.1 Å². The number of aromatic nitrogens is 1. The normalized spacial score (nSPS) is 17.3. The van der Waals surface area contributed by atoms with Gasteiger partial charge in [-0.25, -0.2) is 0 Å². The van der Waals surface area contributed by atoms with Crippen LogP contribution < -0.4 is 10.1 Å². The summed E-state index contributed by atoms with van der Waals surface area (Å²) in [6.45, 7) is 4.78. The molecular formula is C22H31N3O2. The van der Waals surface area contributed by atoms with Crippen molar-refractivity contribution in [2.75, 3.05) is 45.7 Å². The molecule has 0 spiro atoms. The number of fused-ring (bicyclic) bond motifs is 2. The first kappa shape index (κ1) is 18.5. The Morgan fingerprint density at radius 2 is 1.93 bits per heavy atom. The van der Waals surface area contributed by atoms with E-state index in [0.29, 0.717) is 6.61 Å². The summed E-state index contributed by atoms with van der Waals surface area (Å²) in [5.74, 6) is 0.887. The number of methoxy groups -OCH3 is 1. The van der Waals surface area contributed by atoms with Gasteiger partial charge in [0.2, 0.25) is 0 Å². The number of pyridine rings is 1. The quantitative estimate of drug-likeness (QED) is 0.753. The van der Waals surface area contributed by atoms with Crippen LogP contribution in [0.2, 0.25) is 0 Å². The summed E-state index contributed by atoms with van der Waals surface area (Å²) >= 11 is 0. The molecule has 1 aromatic heterocycles. The summed E-state index contributed by atoms with van der Waals surface area (Å²) in [6.07, 6.45) is 7.31. The monoisotopic (exact) mass is 369 g/mol. The number of hydrogen-bond acceptors (Lipinski definition) is 5. The van der Waals surface area contributed by atoms with Crippen molar-refractivity contribution in [2.24, 2.45) is 0 Å². The molecule has 1 fully saturated rings. The summed E-state index contributed by atoms with van der Waals surface area (Å²) in [4.78, 5) is 7.47. The molecule has 2 heterocycles. The van der Waals surface area contributed by atoms with Crippen LogP contribution in [0, 0.1) is 0 Å². The maximum absolute atomic E-state index is 5.98. The zero-order valence-electron chi connectivity index (χ0n) is 16.6. The molecule has 2 aliphatic rings. The van der Waals surface area contributed by atoms with E-state index in [1.54, 1.807) is 7.11 Å². The van der Waals surface area contributed by atoms with Crippen LogP contribution in [-0.2, 0) is 24.2 Å². The highest BCUT2D eigenvalue weighted by molar-refractivity contribution is 5.95. The third-order valence-corrected chi connectivity index (χ3v) is 5.92. The molecule has 27 heavy (non-hydrogen) atoms. The number of hydrogen-bond donors (Lipinski definition) is 1. The summed E-state index contributed by atoms with van der Waals surface area (Å²) in [6, 6.07) is 4.28. The van der Waals surface area contributed by atoms with Crippen LogP contribution in [0.3, 0.4) is 0 Å². The number of likely N-dealkylation sites (tertiary alicyclic amines) is 1. The van der Waals surface area contributed by atoms with Crippen LogP contribution >= 0.6 is 0 Å². The molecule has 0 radical (unpaired) electrons. The minimum atomic E-state index is 0.570. The Morgan fingerprint density at radius 3 is 2.70 bits per heavy atom. The maximum atomic E-state index is 5.98. The van der Waals surface area contributed by atoms with Crippen molar-refractivity contribution in [1.82, 2.24) is 9.88 Å². The number of aryl methyl sites for hydroxylation is 1. The SMILES string of the molecule is CNc1c2c(nc3cc(COCCN4CCCC4)c(OC)cc13)CCCC2. The van der Waals surface area contributed by atoms with E-state index >= 15 is 0 Å². The average Bonchev–Trinajstić information content (AvgIpc) is 3.22. The van der Waals surface area contributed by atoms with E-state index in [2.05, 4.69) is 22.3 Å². The third kappa shape index (κ3) is 3.90. The van der Waals surface area contributed by atoms with Crippen LogP contribution in [0.1, 0.15) is 42.5 Å². The van der Waals surface area contributed by atoms with E-state index in [9.17, 15) is 0 Å². The Bertz CT molecular complexity index is 800. The molecule has 0 saturated carbocycles. The molecule has 146 valence electrons. The predicted molar refractivity (Wildman–Crippen MR) is 110 cm³/mol. The van der Waals surface area contributed by atoms with E-state index in [1.165, 1.54) is 55.7 Å². The lowest BCUT2D eigenvalue weighted by Crippen LogP contribution is -2.23. The minimum absolute atomic E-state index is 0.570. The lowest BCUT2D eigenvalue weighted by atomic mass is 9.92. The van der Waals surface area contributed by atoms with Gasteiger partial charge in [0.1, 0.15) is 5.75 Å². The Morgan fingerprint density at radius 1 is 1.11 bits per heavy atom. The van der Waals surface area contributed by atoms with Crippen molar-refractivity contribution in [3.63, 3.8) is 0 Å². The summed E-state index contributed by atoms with van der Waals surface area (Å²) in [7, 11) is 3.74. The standard InChI is InChI=1S/C22H31N3O2/c1-23-22-17-7-3-4-8-19(17)24-20-13-16(21(26-2)14-18(20)22)15-27-12-11-25-9-5-6-10-25/h13-14H,3-12,15H2,1-2H3,(H,23,24). The molecule has 0 atom stereocenters. The molecule has 2 aromatic rings. The van der Waals surface area contributed by atoms with Gasteiger partial charge in [-0.2, -0.15) is 0 Å². The molecule has 0 unspecified atom stereocenters. The van der Waals surface area contributed by atoms with Crippen LogP contribution in [-0.4, -0.2) is 50.3 Å². The molecule has 5 heteroatoms. The number of rotatable bonds is 7. The van der Waals surface area contributed by atoms with Gasteiger partial charge >= 0.3 is 0 Å². The van der Waals surface area contributed by atoms with Gasteiger partial charge < -0.3 is 19.7 Å². The maximum Gasteiger partial charge on any atom is 0.125 e. The van der Waals surface area contributed by atoms with Gasteiger partial charge in [0.25, 0.3) is 0 Å². The highest BCUT2D eigenvalue weighted by atomic mass is 16.5. The minimum Gasteiger partial charge on any atom is -0.496 e. The number of nitrogens with one attached hydrogen (secondary N) is 1. The number of nitrogens with zero attached hydrogens (tertiary/aromatic N) is 2. The molecular weight excluding hydrogens is 338 g/mol. The number of benzene rings is 1. The number of anilines is 1. The second kappa shape index (κ2) is 8.44. The van der Waals surface area contributed by atoms with Gasteiger partial charge in [-0.1, -0.05) is 0 Å². The lowest BCUT2D eigenvalue weighted by molar-refractivity contribution is 0.0979. The molecule has 1 aliphatic carbocycles. The largest absolute Gasteiger partial charge is 0.496 e. The average molecular weight is 370 g/mol. The molecule has 4 rings (SSSR count). The lowest BCUT2D eigenvalue weighted by Gasteiger charge is -2.21. The molecule has 1 aromatic carbocycles. The predicted octanol–water partition coefficient (Wildman–Crippen LogP) is 3.78. The van der Waals surface area contributed by atoms with Crippen molar-refractivity contribution in [1.29, 1.82) is 0 Å². The van der Waals surface area contributed by atoms with E-state index in [1.807, 2.05) is 7.05 Å². The summed E-state index contributed by atoms with van der Waals surface area (Å²) in [5, 5.41) is 4.57. The van der Waals surface area contributed by atoms with E-state index in [0.717, 1.165) is 48.2 Å². The van der Waals surface area contributed by atoms with Gasteiger partial charge in [-0.15, -0.1) is 0 Å². The fourth-order valence-electron chi connectivity index (χ4n) is 4.46. The third-order valence-electron chi connectivity index (χ3n) is 5.92. The first-order valence-corrected chi connectivity index (χ1v) is 10.3. The van der Waals surface area contributed by atoms with Gasteiger partial charge in [0.05, 0.1) is 25.8 Å². The molecule has 1 saturated heterocycles. The highest BCUT2D eigenvalue weighted by Gasteiger charge is 2.19. The number of ether oxygens (including phenoxy) is 2.